The third-order valence-electron chi connectivity index (χ3n) is 3.08. The molecule has 0 bridgehead atoms. The number of rotatable bonds is 6. The molecule has 0 aliphatic carbocycles. The lowest BCUT2D eigenvalue weighted by Crippen LogP contribution is -2.38. The smallest absolute Gasteiger partial charge is 0.161 e. The molecule has 104 valence electrons. The van der Waals surface area contributed by atoms with Crippen LogP contribution >= 0.6 is 0 Å². The molecule has 0 fully saturated rings. The molecule has 0 aliphatic rings. The van der Waals surface area contributed by atoms with Crippen LogP contribution in [0.5, 0.6) is 11.5 Å². The first kappa shape index (κ1) is 15.3. The first-order valence-electron chi connectivity index (χ1n) is 6.31. The van der Waals surface area contributed by atoms with E-state index in [0.717, 1.165) is 30.0 Å². The lowest BCUT2D eigenvalue weighted by Gasteiger charge is -2.18. The highest BCUT2D eigenvalue weighted by atomic mass is 16.5. The van der Waals surface area contributed by atoms with Gasteiger partial charge in [-0.05, 0) is 50.5 Å². The van der Waals surface area contributed by atoms with Gasteiger partial charge in [0.1, 0.15) is 5.54 Å². The van der Waals surface area contributed by atoms with Gasteiger partial charge in [0.15, 0.2) is 11.5 Å². The normalized spacial score (nSPS) is 10.9. The number of nitrogens with zero attached hydrogens (tertiary/aromatic N) is 1. The minimum Gasteiger partial charge on any atom is -0.493 e. The van der Waals surface area contributed by atoms with Crippen molar-refractivity contribution in [1.29, 1.82) is 5.26 Å². The molecule has 4 heteroatoms. The highest BCUT2D eigenvalue weighted by Crippen LogP contribution is 2.30. The average Bonchev–Trinajstić information content (AvgIpc) is 2.40. The van der Waals surface area contributed by atoms with Crippen molar-refractivity contribution < 1.29 is 9.47 Å². The Labute approximate surface area is 115 Å². The van der Waals surface area contributed by atoms with E-state index < -0.39 is 5.54 Å². The van der Waals surface area contributed by atoms with Crippen molar-refractivity contribution in [3.63, 3.8) is 0 Å². The molecule has 19 heavy (non-hydrogen) atoms. The molecular weight excluding hydrogens is 240 g/mol. The Morgan fingerprint density at radius 1 is 1.21 bits per heavy atom. The van der Waals surface area contributed by atoms with Crippen LogP contribution in [0.1, 0.15) is 25.0 Å². The molecular formula is C15H22N2O2. The van der Waals surface area contributed by atoms with Gasteiger partial charge in [0.25, 0.3) is 0 Å². The predicted octanol–water partition coefficient (Wildman–Crippen LogP) is 2.45. The predicted molar refractivity (Wildman–Crippen MR) is 75.7 cm³/mol. The first-order chi connectivity index (χ1) is 8.93. The van der Waals surface area contributed by atoms with E-state index in [1.165, 1.54) is 5.56 Å². The number of methoxy groups -OCH3 is 2. The van der Waals surface area contributed by atoms with Crippen molar-refractivity contribution in [2.24, 2.45) is 0 Å². The van der Waals surface area contributed by atoms with Crippen LogP contribution in [-0.2, 0) is 6.42 Å². The van der Waals surface area contributed by atoms with Crippen molar-refractivity contribution in [1.82, 2.24) is 5.32 Å². The van der Waals surface area contributed by atoms with E-state index >= 15 is 0 Å². The van der Waals surface area contributed by atoms with Crippen molar-refractivity contribution in [2.45, 2.75) is 32.7 Å². The largest absolute Gasteiger partial charge is 0.493 e. The van der Waals surface area contributed by atoms with E-state index in [4.69, 9.17) is 14.7 Å². The Kier molecular flexibility index (Phi) is 5.20. The number of nitrogens with one attached hydrogen (secondary N) is 1. The summed E-state index contributed by atoms with van der Waals surface area (Å²) in [6.07, 6.45) is 0.845. The number of aryl methyl sites for hydroxylation is 1. The molecule has 0 unspecified atom stereocenters. The Morgan fingerprint density at radius 2 is 1.79 bits per heavy atom. The second-order valence-electron chi connectivity index (χ2n) is 5.05. The Morgan fingerprint density at radius 3 is 2.32 bits per heavy atom. The third kappa shape index (κ3) is 4.15. The van der Waals surface area contributed by atoms with E-state index in [9.17, 15) is 0 Å². The summed E-state index contributed by atoms with van der Waals surface area (Å²) in [5.41, 5.74) is 1.86. The SMILES string of the molecule is COc1cc(C)c(CCNC(C)(C)C#N)cc1OC. The fraction of sp³-hybridized carbons (Fsp3) is 0.533. The van der Waals surface area contributed by atoms with Crippen LogP contribution in [0.15, 0.2) is 12.1 Å². The lowest BCUT2D eigenvalue weighted by molar-refractivity contribution is 0.354. The lowest BCUT2D eigenvalue weighted by atomic mass is 10.0. The van der Waals surface area contributed by atoms with Gasteiger partial charge in [-0.1, -0.05) is 0 Å². The van der Waals surface area contributed by atoms with Gasteiger partial charge in [0.2, 0.25) is 0 Å². The zero-order valence-corrected chi connectivity index (χ0v) is 12.3. The maximum Gasteiger partial charge on any atom is 0.161 e. The zero-order valence-electron chi connectivity index (χ0n) is 12.3. The van der Waals surface area contributed by atoms with E-state index in [2.05, 4.69) is 11.4 Å². The Hall–Kier alpha value is -1.73. The molecule has 1 aromatic carbocycles. The summed E-state index contributed by atoms with van der Waals surface area (Å²) in [4.78, 5) is 0. The van der Waals surface area contributed by atoms with Crippen molar-refractivity contribution in [2.75, 3.05) is 20.8 Å². The van der Waals surface area contributed by atoms with Crippen molar-refractivity contribution in [3.8, 4) is 17.6 Å². The zero-order chi connectivity index (χ0) is 14.5. The minimum absolute atomic E-state index is 0.496. The second-order valence-corrected chi connectivity index (χ2v) is 5.05. The molecule has 1 aromatic rings. The number of hydrogen-bond acceptors (Lipinski definition) is 4. The maximum absolute atomic E-state index is 8.95. The van der Waals surface area contributed by atoms with Crippen molar-refractivity contribution in [3.05, 3.63) is 23.3 Å². The standard InChI is InChI=1S/C15H22N2O2/c1-11-8-13(18-4)14(19-5)9-12(11)6-7-17-15(2,3)10-16/h8-9,17H,6-7H2,1-5H3. The van der Waals surface area contributed by atoms with Gasteiger partial charge in [-0.2, -0.15) is 5.26 Å². The molecule has 4 nitrogen and oxygen atoms in total. The van der Waals surface area contributed by atoms with E-state index in [-0.39, 0.29) is 0 Å². The van der Waals surface area contributed by atoms with Crippen LogP contribution in [0.3, 0.4) is 0 Å². The maximum atomic E-state index is 8.95. The summed E-state index contributed by atoms with van der Waals surface area (Å²) in [6, 6.07) is 6.20. The number of hydrogen-bond donors (Lipinski definition) is 1. The molecule has 0 aromatic heterocycles. The molecule has 0 radical (unpaired) electrons. The number of nitriles is 1. The van der Waals surface area contributed by atoms with Crippen LogP contribution < -0.4 is 14.8 Å². The summed E-state index contributed by atoms with van der Waals surface area (Å²) < 4.78 is 10.6. The molecule has 0 atom stereocenters. The third-order valence-corrected chi connectivity index (χ3v) is 3.08. The fourth-order valence-electron chi connectivity index (χ4n) is 1.84. The van der Waals surface area contributed by atoms with Crippen LogP contribution in [0.25, 0.3) is 0 Å². The first-order valence-corrected chi connectivity index (χ1v) is 6.31. The summed E-state index contributed by atoms with van der Waals surface area (Å²) in [7, 11) is 3.27. The summed E-state index contributed by atoms with van der Waals surface area (Å²) >= 11 is 0. The van der Waals surface area contributed by atoms with Gasteiger partial charge >= 0.3 is 0 Å². The number of ether oxygens (including phenoxy) is 2. The molecule has 0 spiro atoms. The van der Waals surface area contributed by atoms with Gasteiger partial charge in [-0.3, -0.25) is 5.32 Å². The molecule has 0 amide bonds. The molecule has 0 saturated carbocycles. The van der Waals surface area contributed by atoms with Gasteiger partial charge in [-0.15, -0.1) is 0 Å². The highest BCUT2D eigenvalue weighted by Gasteiger charge is 2.15. The summed E-state index contributed by atoms with van der Waals surface area (Å²) in [5, 5.41) is 12.2. The summed E-state index contributed by atoms with van der Waals surface area (Å²) in [6.45, 7) is 6.53. The minimum atomic E-state index is -0.496. The summed E-state index contributed by atoms with van der Waals surface area (Å²) in [5.74, 6) is 1.48. The van der Waals surface area contributed by atoms with Crippen molar-refractivity contribution >= 4 is 0 Å². The van der Waals surface area contributed by atoms with Gasteiger partial charge in [-0.25, -0.2) is 0 Å². The highest BCUT2D eigenvalue weighted by molar-refractivity contribution is 5.47. The van der Waals surface area contributed by atoms with E-state index in [0.29, 0.717) is 0 Å². The van der Waals surface area contributed by atoms with Crippen LogP contribution in [0.2, 0.25) is 0 Å². The number of benzene rings is 1. The van der Waals surface area contributed by atoms with Gasteiger partial charge in [0.05, 0.1) is 20.3 Å². The second kappa shape index (κ2) is 6.44. The average molecular weight is 262 g/mol. The fourth-order valence-corrected chi connectivity index (χ4v) is 1.84. The topological polar surface area (TPSA) is 54.3 Å². The molecule has 1 rings (SSSR count). The molecule has 0 saturated heterocycles. The van der Waals surface area contributed by atoms with Crippen LogP contribution in [0.4, 0.5) is 0 Å². The van der Waals surface area contributed by atoms with Gasteiger partial charge in [0, 0.05) is 6.54 Å². The Balaban J connectivity index is 2.77. The van der Waals surface area contributed by atoms with Gasteiger partial charge < -0.3 is 9.47 Å². The monoisotopic (exact) mass is 262 g/mol. The molecule has 0 aliphatic heterocycles. The van der Waals surface area contributed by atoms with Crippen LogP contribution in [0, 0.1) is 18.3 Å². The molecule has 1 N–H and O–H groups in total. The van der Waals surface area contributed by atoms with E-state index in [1.54, 1.807) is 14.2 Å². The molecule has 0 heterocycles. The van der Waals surface area contributed by atoms with E-state index in [1.807, 2.05) is 32.9 Å². The quantitative estimate of drug-likeness (QED) is 0.855. The Bertz CT molecular complexity index is 476. The van der Waals surface area contributed by atoms with Crippen LogP contribution in [-0.4, -0.2) is 26.3 Å².